The fraction of sp³-hybridized carbons (Fsp3) is 0.0690. The highest BCUT2D eigenvalue weighted by molar-refractivity contribution is 9.10. The number of carbonyl (C=O) groups excluding carboxylic acids is 3. The van der Waals surface area contributed by atoms with Crippen LogP contribution in [0.1, 0.15) is 41.5 Å². The first-order valence-corrected chi connectivity index (χ1v) is 12.8. The maximum Gasteiger partial charge on any atom is 0.341 e. The Morgan fingerprint density at radius 1 is 0.694 bits per heavy atom. The number of esters is 1. The second-order valence-corrected chi connectivity index (χ2v) is 9.78. The molecule has 4 rings (SSSR count). The van der Waals surface area contributed by atoms with Crippen molar-refractivity contribution in [3.8, 4) is 0 Å². The van der Waals surface area contributed by atoms with Crippen LogP contribution in [0.3, 0.4) is 0 Å². The molecule has 1 N–H and O–H groups in total. The van der Waals surface area contributed by atoms with Crippen molar-refractivity contribution in [3.63, 3.8) is 0 Å². The van der Waals surface area contributed by atoms with Gasteiger partial charge in [0.25, 0.3) is 5.91 Å². The highest BCUT2D eigenvalue weighted by atomic mass is 79.9. The van der Waals surface area contributed by atoms with E-state index >= 15 is 0 Å². The Morgan fingerprint density at radius 2 is 1.28 bits per heavy atom. The summed E-state index contributed by atoms with van der Waals surface area (Å²) in [5.41, 5.74) is 2.07. The van der Waals surface area contributed by atoms with Crippen LogP contribution >= 0.6 is 31.9 Å². The normalized spacial score (nSPS) is 12.3. The van der Waals surface area contributed by atoms with Gasteiger partial charge in [0.15, 0.2) is 6.10 Å². The van der Waals surface area contributed by atoms with Crippen molar-refractivity contribution < 1.29 is 19.1 Å². The third-order valence-electron chi connectivity index (χ3n) is 5.44. The van der Waals surface area contributed by atoms with E-state index in [9.17, 15) is 14.4 Å². The number of benzene rings is 4. The highest BCUT2D eigenvalue weighted by Gasteiger charge is 2.33. The number of Topliss-reactive ketones (excluding diaryl/α,β-unsaturated/α-hetero) is 1. The lowest BCUT2D eigenvalue weighted by molar-refractivity contribution is 0.0283. The van der Waals surface area contributed by atoms with Crippen molar-refractivity contribution in [1.29, 1.82) is 0 Å². The summed E-state index contributed by atoms with van der Waals surface area (Å²) in [4.78, 5) is 39.0. The van der Waals surface area contributed by atoms with Crippen LogP contribution in [0.4, 0.5) is 5.69 Å². The fourth-order valence-corrected chi connectivity index (χ4v) is 4.49. The molecule has 0 radical (unpaired) electrons. The lowest BCUT2D eigenvalue weighted by Crippen LogP contribution is -2.31. The number of halogens is 2. The van der Waals surface area contributed by atoms with Crippen LogP contribution in [0.25, 0.3) is 0 Å². The number of para-hydroxylation sites is 1. The maximum absolute atomic E-state index is 13.4. The molecule has 0 fully saturated rings. The summed E-state index contributed by atoms with van der Waals surface area (Å²) in [6.45, 7) is 0. The van der Waals surface area contributed by atoms with Gasteiger partial charge >= 0.3 is 5.97 Å². The number of amides is 1. The average molecular weight is 607 g/mol. The number of nitrogens with one attached hydrogen (secondary N) is 1. The molecule has 4 aromatic carbocycles. The van der Waals surface area contributed by atoms with Crippen molar-refractivity contribution in [1.82, 2.24) is 0 Å². The standard InChI is InChI=1S/C29H21Br2NO4/c30-22-17-15-21(16-18-22)28(34)32-24-14-8-7-13-23(24)29(35)36-27(25(31)19-9-3-1-4-10-19)26(33)20-11-5-2-6-12-20/h1-18,25,27H,(H,32,34)/t25-,27-/m1/s1. The van der Waals surface area contributed by atoms with E-state index in [1.807, 2.05) is 36.4 Å². The van der Waals surface area contributed by atoms with Gasteiger partial charge in [-0.15, -0.1) is 0 Å². The lowest BCUT2D eigenvalue weighted by Gasteiger charge is -2.23. The molecular formula is C29H21Br2NO4. The largest absolute Gasteiger partial charge is 0.449 e. The van der Waals surface area contributed by atoms with E-state index < -0.39 is 16.9 Å². The lowest BCUT2D eigenvalue weighted by atomic mass is 9.99. The Hall–Kier alpha value is -3.55. The number of rotatable bonds is 8. The van der Waals surface area contributed by atoms with Crippen molar-refractivity contribution in [2.45, 2.75) is 10.9 Å². The van der Waals surface area contributed by atoms with E-state index in [4.69, 9.17) is 4.74 Å². The molecule has 4 aromatic rings. The second kappa shape index (κ2) is 11.9. The summed E-state index contributed by atoms with van der Waals surface area (Å²) in [6.07, 6.45) is -1.14. The van der Waals surface area contributed by atoms with Gasteiger partial charge in [-0.05, 0) is 42.0 Å². The Bertz CT molecular complexity index is 1360. The van der Waals surface area contributed by atoms with Crippen molar-refractivity contribution >= 4 is 55.2 Å². The molecule has 0 saturated carbocycles. The predicted octanol–water partition coefficient (Wildman–Crippen LogP) is 7.25. The van der Waals surface area contributed by atoms with Gasteiger partial charge in [-0.2, -0.15) is 0 Å². The van der Waals surface area contributed by atoms with Crippen LogP contribution < -0.4 is 5.32 Å². The molecule has 0 aliphatic carbocycles. The molecule has 0 heterocycles. The Kier molecular flexibility index (Phi) is 8.46. The zero-order valence-electron chi connectivity index (χ0n) is 18.9. The van der Waals surface area contributed by atoms with E-state index in [0.717, 1.165) is 10.0 Å². The zero-order valence-corrected chi connectivity index (χ0v) is 22.1. The summed E-state index contributed by atoms with van der Waals surface area (Å²) in [5.74, 6) is -1.44. The zero-order chi connectivity index (χ0) is 25.5. The average Bonchev–Trinajstić information content (AvgIpc) is 2.92. The number of hydrogen-bond acceptors (Lipinski definition) is 4. The topological polar surface area (TPSA) is 72.5 Å². The van der Waals surface area contributed by atoms with E-state index in [1.165, 1.54) is 0 Å². The number of alkyl halides is 1. The minimum Gasteiger partial charge on any atom is -0.449 e. The molecule has 0 unspecified atom stereocenters. The van der Waals surface area contributed by atoms with Crippen LogP contribution in [0.5, 0.6) is 0 Å². The molecule has 0 spiro atoms. The number of hydrogen-bond donors (Lipinski definition) is 1. The van der Waals surface area contributed by atoms with Gasteiger partial charge in [-0.1, -0.05) is 105 Å². The minimum atomic E-state index is -1.14. The first-order valence-electron chi connectivity index (χ1n) is 11.1. The maximum atomic E-state index is 13.4. The molecule has 0 aliphatic heterocycles. The molecule has 0 aliphatic rings. The first kappa shape index (κ1) is 25.5. The van der Waals surface area contributed by atoms with Crippen LogP contribution in [0, 0.1) is 0 Å². The van der Waals surface area contributed by atoms with Crippen LogP contribution in [-0.2, 0) is 4.74 Å². The number of ketones is 1. The van der Waals surface area contributed by atoms with Gasteiger partial charge in [0.2, 0.25) is 5.78 Å². The first-order chi connectivity index (χ1) is 17.4. The van der Waals surface area contributed by atoms with E-state index in [1.54, 1.807) is 72.8 Å². The van der Waals surface area contributed by atoms with Crippen LogP contribution in [-0.4, -0.2) is 23.8 Å². The third-order valence-corrected chi connectivity index (χ3v) is 6.97. The monoisotopic (exact) mass is 605 g/mol. The molecule has 2 atom stereocenters. The molecule has 5 nitrogen and oxygen atoms in total. The van der Waals surface area contributed by atoms with Crippen LogP contribution in [0.15, 0.2) is 114 Å². The van der Waals surface area contributed by atoms with Gasteiger partial charge in [-0.3, -0.25) is 9.59 Å². The second-order valence-electron chi connectivity index (χ2n) is 7.88. The fourth-order valence-electron chi connectivity index (χ4n) is 3.57. The molecule has 0 aromatic heterocycles. The Morgan fingerprint density at radius 3 is 1.94 bits per heavy atom. The SMILES string of the molecule is O=C(Nc1ccccc1C(=O)O[C@@H](C(=O)c1ccccc1)[C@H](Br)c1ccccc1)c1ccc(Br)cc1. The quantitative estimate of drug-likeness (QED) is 0.130. The van der Waals surface area contributed by atoms with Crippen molar-refractivity contribution in [3.05, 3.63) is 136 Å². The van der Waals surface area contributed by atoms with Crippen LogP contribution in [0.2, 0.25) is 0 Å². The third kappa shape index (κ3) is 6.17. The summed E-state index contributed by atoms with van der Waals surface area (Å²) in [6, 6.07) is 31.4. The van der Waals surface area contributed by atoms with Gasteiger partial charge < -0.3 is 10.1 Å². The smallest absolute Gasteiger partial charge is 0.341 e. The Balaban J connectivity index is 1.61. The summed E-state index contributed by atoms with van der Waals surface area (Å²) >= 11 is 6.92. The van der Waals surface area contributed by atoms with E-state index in [-0.39, 0.29) is 22.9 Å². The summed E-state index contributed by atoms with van der Waals surface area (Å²) < 4.78 is 6.67. The van der Waals surface area contributed by atoms with Gasteiger partial charge in [0, 0.05) is 15.6 Å². The Labute approximate surface area is 225 Å². The molecule has 0 saturated heterocycles. The summed E-state index contributed by atoms with van der Waals surface area (Å²) in [7, 11) is 0. The van der Waals surface area contributed by atoms with Crippen molar-refractivity contribution in [2.24, 2.45) is 0 Å². The molecule has 1 amide bonds. The number of carbonyl (C=O) groups is 3. The highest BCUT2D eigenvalue weighted by Crippen LogP contribution is 2.32. The number of anilines is 1. The van der Waals surface area contributed by atoms with Gasteiger partial charge in [-0.25, -0.2) is 4.79 Å². The van der Waals surface area contributed by atoms with Gasteiger partial charge in [0.05, 0.1) is 16.1 Å². The summed E-state index contributed by atoms with van der Waals surface area (Å²) in [5, 5.41) is 2.77. The molecular weight excluding hydrogens is 586 g/mol. The number of ether oxygens (including phenoxy) is 1. The molecule has 180 valence electrons. The predicted molar refractivity (Wildman–Crippen MR) is 147 cm³/mol. The molecule has 0 bridgehead atoms. The molecule has 7 heteroatoms. The minimum absolute atomic E-state index is 0.140. The van der Waals surface area contributed by atoms with E-state index in [0.29, 0.717) is 11.1 Å². The van der Waals surface area contributed by atoms with Gasteiger partial charge in [0.1, 0.15) is 0 Å². The van der Waals surface area contributed by atoms with Crippen molar-refractivity contribution in [2.75, 3.05) is 5.32 Å². The molecule has 36 heavy (non-hydrogen) atoms. The van der Waals surface area contributed by atoms with E-state index in [2.05, 4.69) is 37.2 Å².